The van der Waals surface area contributed by atoms with Crippen molar-refractivity contribution >= 4 is 17.5 Å². The number of benzene rings is 2. The number of amides is 2. The van der Waals surface area contributed by atoms with Crippen LogP contribution in [0.15, 0.2) is 48.5 Å². The number of rotatable bonds is 5. The van der Waals surface area contributed by atoms with E-state index in [1.807, 2.05) is 36.4 Å². The molecule has 1 aliphatic carbocycles. The number of carbonyl (C=O) groups is 2. The third-order valence-electron chi connectivity index (χ3n) is 5.20. The lowest BCUT2D eigenvalue weighted by Gasteiger charge is -2.23. The van der Waals surface area contributed by atoms with Gasteiger partial charge in [0.25, 0.3) is 11.8 Å². The summed E-state index contributed by atoms with van der Waals surface area (Å²) < 4.78 is 0. The van der Waals surface area contributed by atoms with Crippen molar-refractivity contribution in [1.29, 1.82) is 0 Å². The molecule has 4 nitrogen and oxygen atoms in total. The molecule has 2 aromatic carbocycles. The van der Waals surface area contributed by atoms with Crippen molar-refractivity contribution in [2.24, 2.45) is 0 Å². The van der Waals surface area contributed by atoms with Gasteiger partial charge in [-0.2, -0.15) is 0 Å². The van der Waals surface area contributed by atoms with E-state index >= 15 is 0 Å². The zero-order chi connectivity index (χ0) is 19.2. The van der Waals surface area contributed by atoms with Crippen LogP contribution in [0, 0.1) is 0 Å². The van der Waals surface area contributed by atoms with Crippen molar-refractivity contribution in [3.8, 4) is 0 Å². The maximum Gasteiger partial charge on any atom is 0.255 e. The fourth-order valence-corrected chi connectivity index (χ4v) is 3.51. The number of carbonyl (C=O) groups excluding carboxylic acids is 2. The van der Waals surface area contributed by atoms with Gasteiger partial charge in [0, 0.05) is 11.6 Å². The Bertz CT molecular complexity index is 790. The minimum absolute atomic E-state index is 0.118. The maximum atomic E-state index is 12.7. The second-order valence-electron chi connectivity index (χ2n) is 7.58. The molecule has 0 bridgehead atoms. The molecule has 0 heterocycles. The van der Waals surface area contributed by atoms with Gasteiger partial charge in [0.2, 0.25) is 0 Å². The predicted molar refractivity (Wildman–Crippen MR) is 109 cm³/mol. The third kappa shape index (κ3) is 4.97. The Hall–Kier alpha value is -2.62. The summed E-state index contributed by atoms with van der Waals surface area (Å²) in [6.45, 7) is 4.24. The average Bonchev–Trinajstić information content (AvgIpc) is 2.69. The molecule has 0 unspecified atom stereocenters. The number of hydrogen-bond acceptors (Lipinski definition) is 2. The van der Waals surface area contributed by atoms with Crippen LogP contribution in [0.2, 0.25) is 0 Å². The lowest BCUT2D eigenvalue weighted by atomic mass is 9.95. The Kier molecular flexibility index (Phi) is 6.28. The van der Waals surface area contributed by atoms with Crippen LogP contribution in [-0.2, 0) is 0 Å². The van der Waals surface area contributed by atoms with Crippen molar-refractivity contribution in [3.05, 3.63) is 65.2 Å². The zero-order valence-corrected chi connectivity index (χ0v) is 16.1. The van der Waals surface area contributed by atoms with Crippen LogP contribution in [-0.4, -0.2) is 17.9 Å². The smallest absolute Gasteiger partial charge is 0.255 e. The van der Waals surface area contributed by atoms with E-state index in [0.717, 1.165) is 25.7 Å². The van der Waals surface area contributed by atoms with E-state index in [2.05, 4.69) is 24.5 Å². The first-order valence-corrected chi connectivity index (χ1v) is 9.86. The summed E-state index contributed by atoms with van der Waals surface area (Å²) in [6.07, 6.45) is 5.63. The highest BCUT2D eigenvalue weighted by atomic mass is 16.2. The van der Waals surface area contributed by atoms with Crippen molar-refractivity contribution in [1.82, 2.24) is 5.32 Å². The molecule has 0 radical (unpaired) electrons. The average molecular weight is 364 g/mol. The number of para-hydroxylation sites is 1. The monoisotopic (exact) mass is 364 g/mol. The van der Waals surface area contributed by atoms with Gasteiger partial charge in [-0.15, -0.1) is 0 Å². The van der Waals surface area contributed by atoms with E-state index in [1.165, 1.54) is 12.0 Å². The summed E-state index contributed by atoms with van der Waals surface area (Å²) in [5.41, 5.74) is 2.83. The number of nitrogens with one attached hydrogen (secondary N) is 2. The zero-order valence-electron chi connectivity index (χ0n) is 16.1. The Morgan fingerprint density at radius 3 is 2.22 bits per heavy atom. The summed E-state index contributed by atoms with van der Waals surface area (Å²) in [6, 6.07) is 15.0. The third-order valence-corrected chi connectivity index (χ3v) is 5.20. The van der Waals surface area contributed by atoms with Crippen LogP contribution in [0.4, 0.5) is 5.69 Å². The van der Waals surface area contributed by atoms with Gasteiger partial charge >= 0.3 is 0 Å². The topological polar surface area (TPSA) is 58.2 Å². The first-order chi connectivity index (χ1) is 13.0. The fourth-order valence-electron chi connectivity index (χ4n) is 3.51. The Balaban J connectivity index is 1.71. The summed E-state index contributed by atoms with van der Waals surface area (Å²) in [4.78, 5) is 25.3. The maximum absolute atomic E-state index is 12.7. The molecule has 0 saturated heterocycles. The normalized spacial score (nSPS) is 14.8. The van der Waals surface area contributed by atoms with E-state index in [1.54, 1.807) is 12.1 Å². The number of hydrogen-bond donors (Lipinski definition) is 2. The quantitative estimate of drug-likeness (QED) is 0.773. The molecule has 2 aromatic rings. The molecule has 0 spiro atoms. The molecule has 0 atom stereocenters. The van der Waals surface area contributed by atoms with Crippen LogP contribution >= 0.6 is 0 Å². The first kappa shape index (κ1) is 19.2. The van der Waals surface area contributed by atoms with Crippen LogP contribution in [0.1, 0.15) is 78.1 Å². The van der Waals surface area contributed by atoms with E-state index in [9.17, 15) is 9.59 Å². The van der Waals surface area contributed by atoms with Crippen molar-refractivity contribution < 1.29 is 9.59 Å². The highest BCUT2D eigenvalue weighted by Crippen LogP contribution is 2.21. The second kappa shape index (κ2) is 8.85. The molecule has 2 N–H and O–H groups in total. The van der Waals surface area contributed by atoms with Crippen molar-refractivity contribution in [3.63, 3.8) is 0 Å². The molecule has 1 saturated carbocycles. The molecular formula is C23H28N2O2. The van der Waals surface area contributed by atoms with E-state index in [0.29, 0.717) is 22.7 Å². The van der Waals surface area contributed by atoms with Gasteiger partial charge < -0.3 is 10.6 Å². The molecule has 27 heavy (non-hydrogen) atoms. The van der Waals surface area contributed by atoms with Gasteiger partial charge in [-0.25, -0.2) is 0 Å². The van der Waals surface area contributed by atoms with Crippen LogP contribution in [0.5, 0.6) is 0 Å². The van der Waals surface area contributed by atoms with Gasteiger partial charge in [-0.3, -0.25) is 9.59 Å². The molecule has 0 aliphatic heterocycles. The Labute approximate surface area is 161 Å². The summed E-state index contributed by atoms with van der Waals surface area (Å²) in [7, 11) is 0. The first-order valence-electron chi connectivity index (χ1n) is 9.86. The molecule has 1 aliphatic rings. The van der Waals surface area contributed by atoms with E-state index in [-0.39, 0.29) is 17.9 Å². The van der Waals surface area contributed by atoms with Crippen LogP contribution in [0.3, 0.4) is 0 Å². The van der Waals surface area contributed by atoms with Crippen molar-refractivity contribution in [2.45, 2.75) is 57.9 Å². The second-order valence-corrected chi connectivity index (χ2v) is 7.58. The van der Waals surface area contributed by atoms with E-state index < -0.39 is 0 Å². The summed E-state index contributed by atoms with van der Waals surface area (Å²) >= 11 is 0. The molecule has 3 rings (SSSR count). The summed E-state index contributed by atoms with van der Waals surface area (Å²) in [5.74, 6) is 0.0995. The summed E-state index contributed by atoms with van der Waals surface area (Å²) in [5, 5.41) is 6.01. The molecule has 0 aromatic heterocycles. The van der Waals surface area contributed by atoms with Crippen LogP contribution in [0.25, 0.3) is 0 Å². The van der Waals surface area contributed by atoms with Gasteiger partial charge in [0.05, 0.1) is 11.3 Å². The Morgan fingerprint density at radius 1 is 0.889 bits per heavy atom. The lowest BCUT2D eigenvalue weighted by Crippen LogP contribution is -2.36. The molecule has 2 amide bonds. The molecule has 1 fully saturated rings. The Morgan fingerprint density at radius 2 is 1.56 bits per heavy atom. The minimum Gasteiger partial charge on any atom is -0.349 e. The standard InChI is InChI=1S/C23H28N2O2/c1-16(2)17-12-14-18(15-13-17)22(26)25-21-11-7-6-10-20(21)23(27)24-19-8-4-3-5-9-19/h6-7,10-16,19H,3-5,8-9H2,1-2H3,(H,24,27)(H,25,26). The fraction of sp³-hybridized carbons (Fsp3) is 0.391. The van der Waals surface area contributed by atoms with Gasteiger partial charge in [0.15, 0.2) is 0 Å². The van der Waals surface area contributed by atoms with Gasteiger partial charge in [-0.1, -0.05) is 57.4 Å². The molecule has 142 valence electrons. The molecular weight excluding hydrogens is 336 g/mol. The minimum atomic E-state index is -0.205. The van der Waals surface area contributed by atoms with Gasteiger partial charge in [0.1, 0.15) is 0 Å². The highest BCUT2D eigenvalue weighted by Gasteiger charge is 2.19. The van der Waals surface area contributed by atoms with E-state index in [4.69, 9.17) is 0 Å². The SMILES string of the molecule is CC(C)c1ccc(C(=O)Nc2ccccc2C(=O)NC2CCCCC2)cc1. The van der Waals surface area contributed by atoms with Gasteiger partial charge in [-0.05, 0) is 48.6 Å². The largest absolute Gasteiger partial charge is 0.349 e. The lowest BCUT2D eigenvalue weighted by molar-refractivity contribution is 0.0928. The predicted octanol–water partition coefficient (Wildman–Crippen LogP) is 5.12. The van der Waals surface area contributed by atoms with Crippen LogP contribution < -0.4 is 10.6 Å². The molecule has 4 heteroatoms. The highest BCUT2D eigenvalue weighted by molar-refractivity contribution is 6.09. The van der Waals surface area contributed by atoms with Crippen molar-refractivity contribution in [2.75, 3.05) is 5.32 Å². The number of anilines is 1.